The van der Waals surface area contributed by atoms with Gasteiger partial charge in [-0.15, -0.1) is 11.3 Å². The van der Waals surface area contributed by atoms with Gasteiger partial charge in [0.25, 0.3) is 5.91 Å². The Morgan fingerprint density at radius 1 is 1.26 bits per heavy atom. The summed E-state index contributed by atoms with van der Waals surface area (Å²) in [5, 5.41) is 0.754. The van der Waals surface area contributed by atoms with Gasteiger partial charge in [0.05, 0.1) is 15.6 Å². The van der Waals surface area contributed by atoms with Crippen LogP contribution in [-0.4, -0.2) is 42.5 Å². The SMILES string of the molecule is Cc1nc(C)c(C(=O)N2CC(S(=O)(=O)c3ccc(Cl)cc3)C2)s1. The van der Waals surface area contributed by atoms with E-state index < -0.39 is 15.1 Å². The van der Waals surface area contributed by atoms with Crippen molar-refractivity contribution in [2.75, 3.05) is 13.1 Å². The molecule has 1 amide bonds. The number of sulfone groups is 1. The van der Waals surface area contributed by atoms with E-state index in [0.29, 0.717) is 15.6 Å². The van der Waals surface area contributed by atoms with Gasteiger partial charge < -0.3 is 4.90 Å². The lowest BCUT2D eigenvalue weighted by molar-refractivity contribution is 0.0663. The molecule has 0 aliphatic carbocycles. The molecule has 23 heavy (non-hydrogen) atoms. The second-order valence-electron chi connectivity index (χ2n) is 5.48. The first kappa shape index (κ1) is 16.4. The molecule has 5 nitrogen and oxygen atoms in total. The number of aryl methyl sites for hydroxylation is 2. The van der Waals surface area contributed by atoms with Gasteiger partial charge in [-0.3, -0.25) is 4.79 Å². The fourth-order valence-corrected chi connectivity index (χ4v) is 5.16. The summed E-state index contributed by atoms with van der Waals surface area (Å²) >= 11 is 7.13. The van der Waals surface area contributed by atoms with E-state index in [1.807, 2.05) is 6.92 Å². The molecule has 0 spiro atoms. The maximum Gasteiger partial charge on any atom is 0.265 e. The Hall–Kier alpha value is -1.44. The molecule has 0 saturated carbocycles. The third-order valence-electron chi connectivity index (χ3n) is 3.81. The van der Waals surface area contributed by atoms with Crippen LogP contribution in [0.15, 0.2) is 29.2 Å². The van der Waals surface area contributed by atoms with Gasteiger partial charge in [0.15, 0.2) is 9.84 Å². The molecule has 0 unspecified atom stereocenters. The molecule has 2 heterocycles. The maximum absolute atomic E-state index is 12.5. The summed E-state index contributed by atoms with van der Waals surface area (Å²) in [6.07, 6.45) is 0. The topological polar surface area (TPSA) is 67.3 Å². The Morgan fingerprint density at radius 3 is 2.39 bits per heavy atom. The predicted molar refractivity (Wildman–Crippen MR) is 89.9 cm³/mol. The van der Waals surface area contributed by atoms with Crippen LogP contribution in [0.1, 0.15) is 20.4 Å². The highest BCUT2D eigenvalue weighted by atomic mass is 35.5. The molecule has 122 valence electrons. The van der Waals surface area contributed by atoms with Crippen molar-refractivity contribution in [2.24, 2.45) is 0 Å². The average molecular weight is 371 g/mol. The van der Waals surface area contributed by atoms with Crippen molar-refractivity contribution < 1.29 is 13.2 Å². The number of halogens is 1. The second-order valence-corrected chi connectivity index (χ2v) is 9.35. The summed E-state index contributed by atoms with van der Waals surface area (Å²) in [4.78, 5) is 19.0. The number of hydrogen-bond acceptors (Lipinski definition) is 5. The van der Waals surface area contributed by atoms with Crippen LogP contribution in [0, 0.1) is 13.8 Å². The third-order valence-corrected chi connectivity index (χ3v) is 7.23. The third kappa shape index (κ3) is 3.00. The van der Waals surface area contributed by atoms with Crippen molar-refractivity contribution >= 4 is 38.7 Å². The molecular weight excluding hydrogens is 356 g/mol. The largest absolute Gasteiger partial charge is 0.335 e. The number of rotatable bonds is 3. The standard InChI is InChI=1S/C15H15ClN2O3S2/c1-9-14(22-10(2)17-9)15(19)18-7-13(8-18)23(20,21)12-5-3-11(16)4-6-12/h3-6,13H,7-8H2,1-2H3. The zero-order chi connectivity index (χ0) is 16.8. The number of nitrogens with zero attached hydrogens (tertiary/aromatic N) is 2. The smallest absolute Gasteiger partial charge is 0.265 e. The highest BCUT2D eigenvalue weighted by molar-refractivity contribution is 7.92. The monoisotopic (exact) mass is 370 g/mol. The Balaban J connectivity index is 1.72. The van der Waals surface area contributed by atoms with Gasteiger partial charge in [-0.1, -0.05) is 11.6 Å². The Labute approximate surface area is 143 Å². The van der Waals surface area contributed by atoms with Crippen LogP contribution in [0.3, 0.4) is 0 Å². The molecule has 1 saturated heterocycles. The minimum Gasteiger partial charge on any atom is -0.335 e. The van der Waals surface area contributed by atoms with E-state index in [1.54, 1.807) is 24.0 Å². The normalized spacial score (nSPS) is 15.5. The summed E-state index contributed by atoms with van der Waals surface area (Å²) < 4.78 is 25.0. The van der Waals surface area contributed by atoms with Crippen LogP contribution >= 0.6 is 22.9 Å². The second kappa shape index (κ2) is 5.89. The lowest BCUT2D eigenvalue weighted by atomic mass is 10.2. The minimum atomic E-state index is -3.44. The van der Waals surface area contributed by atoms with Crippen molar-refractivity contribution in [3.05, 3.63) is 44.9 Å². The van der Waals surface area contributed by atoms with Gasteiger partial charge in [-0.25, -0.2) is 13.4 Å². The van der Waals surface area contributed by atoms with E-state index in [9.17, 15) is 13.2 Å². The summed E-state index contributed by atoms with van der Waals surface area (Å²) in [6, 6.07) is 6.11. The lowest BCUT2D eigenvalue weighted by Gasteiger charge is -2.38. The quantitative estimate of drug-likeness (QED) is 0.833. The van der Waals surface area contributed by atoms with Crippen molar-refractivity contribution in [1.82, 2.24) is 9.88 Å². The molecule has 0 bridgehead atoms. The first-order chi connectivity index (χ1) is 10.8. The van der Waals surface area contributed by atoms with Crippen molar-refractivity contribution in [3.8, 4) is 0 Å². The summed E-state index contributed by atoms with van der Waals surface area (Å²) in [5.74, 6) is -0.143. The van der Waals surface area contributed by atoms with Crippen LogP contribution in [0.4, 0.5) is 0 Å². The molecule has 1 aliphatic heterocycles. The highest BCUT2D eigenvalue weighted by Gasteiger charge is 2.41. The van der Waals surface area contributed by atoms with Gasteiger partial charge in [0, 0.05) is 18.1 Å². The zero-order valence-electron chi connectivity index (χ0n) is 12.6. The van der Waals surface area contributed by atoms with Crippen molar-refractivity contribution in [3.63, 3.8) is 0 Å². The first-order valence-corrected chi connectivity index (χ1v) is 9.76. The van der Waals surface area contributed by atoms with Gasteiger partial charge in [0.2, 0.25) is 0 Å². The number of aromatic nitrogens is 1. The van der Waals surface area contributed by atoms with E-state index in [4.69, 9.17) is 11.6 Å². The Bertz CT molecular complexity index is 853. The molecule has 0 atom stereocenters. The van der Waals surface area contributed by atoms with E-state index in [1.165, 1.54) is 23.5 Å². The van der Waals surface area contributed by atoms with E-state index in [-0.39, 0.29) is 23.9 Å². The molecule has 8 heteroatoms. The average Bonchev–Trinajstić information content (AvgIpc) is 2.76. The zero-order valence-corrected chi connectivity index (χ0v) is 15.0. The van der Waals surface area contributed by atoms with E-state index >= 15 is 0 Å². The molecule has 1 aliphatic rings. The fraction of sp³-hybridized carbons (Fsp3) is 0.333. The predicted octanol–water partition coefficient (Wildman–Crippen LogP) is 2.71. The number of benzene rings is 1. The number of carbonyl (C=O) groups excluding carboxylic acids is 1. The van der Waals surface area contributed by atoms with Crippen LogP contribution < -0.4 is 0 Å². The van der Waals surface area contributed by atoms with Crippen molar-refractivity contribution in [2.45, 2.75) is 24.0 Å². The van der Waals surface area contributed by atoms with Gasteiger partial charge >= 0.3 is 0 Å². The summed E-state index contributed by atoms with van der Waals surface area (Å²) in [6.45, 7) is 4.05. The molecule has 0 radical (unpaired) electrons. The molecule has 1 fully saturated rings. The van der Waals surface area contributed by atoms with Crippen LogP contribution in [0.25, 0.3) is 0 Å². The number of thiazole rings is 1. The van der Waals surface area contributed by atoms with Gasteiger partial charge in [0.1, 0.15) is 10.1 Å². The van der Waals surface area contributed by atoms with Crippen LogP contribution in [-0.2, 0) is 9.84 Å². The molecular formula is C15H15ClN2O3S2. The van der Waals surface area contributed by atoms with Gasteiger partial charge in [-0.05, 0) is 38.1 Å². The minimum absolute atomic E-state index is 0.143. The van der Waals surface area contributed by atoms with Crippen LogP contribution in [0.2, 0.25) is 5.02 Å². The number of likely N-dealkylation sites (tertiary alicyclic amines) is 1. The first-order valence-electron chi connectivity index (χ1n) is 7.02. The Morgan fingerprint density at radius 2 is 1.87 bits per heavy atom. The fourth-order valence-electron chi connectivity index (χ4n) is 2.49. The van der Waals surface area contributed by atoms with E-state index in [0.717, 1.165) is 5.01 Å². The molecule has 3 rings (SSSR count). The molecule has 1 aromatic heterocycles. The maximum atomic E-state index is 12.5. The van der Waals surface area contributed by atoms with E-state index in [2.05, 4.69) is 4.98 Å². The highest BCUT2D eigenvalue weighted by Crippen LogP contribution is 2.28. The van der Waals surface area contributed by atoms with Gasteiger partial charge in [-0.2, -0.15) is 0 Å². The number of hydrogen-bond donors (Lipinski definition) is 0. The lowest BCUT2D eigenvalue weighted by Crippen LogP contribution is -2.56. The number of carbonyl (C=O) groups is 1. The van der Waals surface area contributed by atoms with Crippen LogP contribution in [0.5, 0.6) is 0 Å². The van der Waals surface area contributed by atoms with Crippen molar-refractivity contribution in [1.29, 1.82) is 0 Å². The summed E-state index contributed by atoms with van der Waals surface area (Å²) in [5.41, 5.74) is 0.696. The molecule has 1 aromatic carbocycles. The summed E-state index contributed by atoms with van der Waals surface area (Å²) in [7, 11) is -3.44. The number of amides is 1. The molecule has 2 aromatic rings. The molecule has 0 N–H and O–H groups in total. The Kier molecular flexibility index (Phi) is 4.20.